The number of hydrogen-bond acceptors (Lipinski definition) is 3. The molecule has 0 N–H and O–H groups in total. The van der Waals surface area contributed by atoms with Crippen LogP contribution in [0.2, 0.25) is 0 Å². The fraction of sp³-hybridized carbons (Fsp3) is 0.282. The highest BCUT2D eigenvalue weighted by Gasteiger charge is 2.34. The molecule has 1 saturated heterocycles. The zero-order valence-electron chi connectivity index (χ0n) is 26.6. The summed E-state index contributed by atoms with van der Waals surface area (Å²) in [4.78, 5) is 34.2. The van der Waals surface area contributed by atoms with Crippen molar-refractivity contribution in [1.29, 1.82) is 0 Å². The lowest BCUT2D eigenvalue weighted by atomic mass is 10.0. The summed E-state index contributed by atoms with van der Waals surface area (Å²) in [6.07, 6.45) is -0.380. The van der Waals surface area contributed by atoms with Crippen molar-refractivity contribution < 1.29 is 22.8 Å². The highest BCUT2D eigenvalue weighted by molar-refractivity contribution is 5.95. The van der Waals surface area contributed by atoms with E-state index in [0.717, 1.165) is 49.3 Å². The highest BCUT2D eigenvalue weighted by atomic mass is 19.4. The number of nitrogens with zero attached hydrogens (tertiary/aromatic N) is 3. The van der Waals surface area contributed by atoms with Crippen LogP contribution >= 0.6 is 0 Å². The number of hydrogen-bond donors (Lipinski definition) is 0. The van der Waals surface area contributed by atoms with E-state index in [1.165, 1.54) is 35.4 Å². The monoisotopic (exact) mass is 639 g/mol. The topological polar surface area (TPSA) is 43.9 Å². The van der Waals surface area contributed by atoms with E-state index in [1.54, 1.807) is 4.90 Å². The van der Waals surface area contributed by atoms with E-state index in [1.807, 2.05) is 77.7 Å². The van der Waals surface area contributed by atoms with Crippen LogP contribution in [0, 0.1) is 0 Å². The van der Waals surface area contributed by atoms with E-state index in [4.69, 9.17) is 0 Å². The van der Waals surface area contributed by atoms with Gasteiger partial charge in [-0.2, -0.15) is 13.2 Å². The molecule has 1 aliphatic rings. The molecule has 4 aromatic rings. The van der Waals surface area contributed by atoms with Crippen LogP contribution in [-0.4, -0.2) is 58.7 Å². The zero-order valence-corrected chi connectivity index (χ0v) is 26.6. The molecule has 1 aliphatic heterocycles. The Balaban J connectivity index is 1.41. The van der Waals surface area contributed by atoms with Gasteiger partial charge in [0.2, 0.25) is 11.8 Å². The highest BCUT2D eigenvalue weighted by Crippen LogP contribution is 2.29. The summed E-state index contributed by atoms with van der Waals surface area (Å²) < 4.78 is 39.3. The molecule has 5 nitrogen and oxygen atoms in total. The maximum absolute atomic E-state index is 14.4. The zero-order chi connectivity index (χ0) is 33.2. The Bertz CT molecular complexity index is 1610. The first-order valence-electron chi connectivity index (χ1n) is 16.0. The van der Waals surface area contributed by atoms with Gasteiger partial charge in [0.25, 0.3) is 0 Å². The first-order valence-corrected chi connectivity index (χ1v) is 16.0. The Hall–Kier alpha value is -4.69. The number of amides is 2. The molecule has 0 saturated carbocycles. The fourth-order valence-corrected chi connectivity index (χ4v) is 5.81. The van der Waals surface area contributed by atoms with Crippen molar-refractivity contribution in [3.8, 4) is 0 Å². The van der Waals surface area contributed by atoms with Crippen LogP contribution in [0.1, 0.15) is 40.3 Å². The SMILES string of the molecule is CCc1ccc(CN(C(=O)C=Cc2ccc(C(F)(F)F)cc2)[C@@H](Cc2ccccc2)C(=O)N2CCN(Cc3ccccc3)CC2)cc1. The van der Waals surface area contributed by atoms with Gasteiger partial charge in [0.1, 0.15) is 6.04 Å². The lowest BCUT2D eigenvalue weighted by Gasteiger charge is -2.39. The molecule has 244 valence electrons. The Kier molecular flexibility index (Phi) is 11.3. The van der Waals surface area contributed by atoms with Gasteiger partial charge in [0.15, 0.2) is 0 Å². The largest absolute Gasteiger partial charge is 0.416 e. The molecule has 0 aromatic heterocycles. The van der Waals surface area contributed by atoms with Crippen LogP contribution in [0.5, 0.6) is 0 Å². The summed E-state index contributed by atoms with van der Waals surface area (Å²) in [5, 5.41) is 0. The van der Waals surface area contributed by atoms with Crippen LogP contribution in [0.3, 0.4) is 0 Å². The number of alkyl halides is 3. The predicted molar refractivity (Wildman–Crippen MR) is 179 cm³/mol. The van der Waals surface area contributed by atoms with Gasteiger partial charge in [0.05, 0.1) is 5.56 Å². The van der Waals surface area contributed by atoms with Crippen molar-refractivity contribution in [2.24, 2.45) is 0 Å². The number of carbonyl (C=O) groups is 2. The summed E-state index contributed by atoms with van der Waals surface area (Å²) in [6, 6.07) is 31.8. The average Bonchev–Trinajstić information content (AvgIpc) is 3.10. The van der Waals surface area contributed by atoms with E-state index in [2.05, 4.69) is 24.0 Å². The van der Waals surface area contributed by atoms with Crippen molar-refractivity contribution in [2.45, 2.75) is 45.1 Å². The van der Waals surface area contributed by atoms with Gasteiger partial charge < -0.3 is 9.80 Å². The van der Waals surface area contributed by atoms with Gasteiger partial charge in [0, 0.05) is 51.8 Å². The van der Waals surface area contributed by atoms with Crippen LogP contribution < -0.4 is 0 Å². The van der Waals surface area contributed by atoms with Gasteiger partial charge in [-0.3, -0.25) is 14.5 Å². The standard InChI is InChI=1S/C39H40F3N3O2/c1-2-30-13-15-34(16-14-30)29-45(37(46)22-19-31-17-20-35(21-18-31)39(40,41)42)36(27-32-9-5-3-6-10-32)38(47)44-25-23-43(24-26-44)28-33-11-7-4-8-12-33/h3-22,36H,2,23-29H2,1H3/t36-/m0/s1. The summed E-state index contributed by atoms with van der Waals surface area (Å²) in [6.45, 7) is 5.63. The smallest absolute Gasteiger partial charge is 0.338 e. The molecular formula is C39H40F3N3O2. The van der Waals surface area contributed by atoms with Crippen LogP contribution in [-0.2, 0) is 41.7 Å². The van der Waals surface area contributed by atoms with Crippen molar-refractivity contribution >= 4 is 17.9 Å². The maximum Gasteiger partial charge on any atom is 0.416 e. The van der Waals surface area contributed by atoms with Gasteiger partial charge in [-0.1, -0.05) is 104 Å². The molecule has 8 heteroatoms. The Labute approximate surface area is 274 Å². The van der Waals surface area contributed by atoms with E-state index in [9.17, 15) is 22.8 Å². The third-order valence-corrected chi connectivity index (χ3v) is 8.59. The molecule has 1 atom stereocenters. The molecule has 0 aliphatic carbocycles. The first-order chi connectivity index (χ1) is 22.7. The fourth-order valence-electron chi connectivity index (χ4n) is 5.81. The maximum atomic E-state index is 14.4. The normalized spacial score (nSPS) is 14.7. The third-order valence-electron chi connectivity index (χ3n) is 8.59. The van der Waals surface area contributed by atoms with E-state index >= 15 is 0 Å². The quantitative estimate of drug-likeness (QED) is 0.162. The second kappa shape index (κ2) is 15.7. The van der Waals surface area contributed by atoms with Crippen molar-refractivity contribution in [3.05, 3.63) is 149 Å². The molecule has 0 bridgehead atoms. The van der Waals surface area contributed by atoms with Crippen molar-refractivity contribution in [2.75, 3.05) is 26.2 Å². The number of benzene rings is 4. The van der Waals surface area contributed by atoms with Gasteiger partial charge in [-0.25, -0.2) is 0 Å². The molecule has 2 amide bonds. The number of rotatable bonds is 11. The summed E-state index contributed by atoms with van der Waals surface area (Å²) in [7, 11) is 0. The molecule has 5 rings (SSSR count). The number of carbonyl (C=O) groups excluding carboxylic acids is 2. The molecule has 0 radical (unpaired) electrons. The molecule has 1 heterocycles. The van der Waals surface area contributed by atoms with Crippen LogP contribution in [0.25, 0.3) is 6.08 Å². The first kappa shape index (κ1) is 33.7. The average molecular weight is 640 g/mol. The molecule has 47 heavy (non-hydrogen) atoms. The van der Waals surface area contributed by atoms with E-state index in [-0.39, 0.29) is 18.4 Å². The molecule has 0 unspecified atom stereocenters. The molecular weight excluding hydrogens is 599 g/mol. The van der Waals surface area contributed by atoms with Crippen molar-refractivity contribution in [1.82, 2.24) is 14.7 Å². The summed E-state index contributed by atoms with van der Waals surface area (Å²) in [5.41, 5.74) is 3.91. The minimum atomic E-state index is -4.44. The minimum absolute atomic E-state index is 0.116. The Morgan fingerprint density at radius 3 is 1.89 bits per heavy atom. The second-order valence-corrected chi connectivity index (χ2v) is 11.9. The van der Waals surface area contributed by atoms with Crippen LogP contribution in [0.15, 0.2) is 115 Å². The van der Waals surface area contributed by atoms with Crippen molar-refractivity contribution in [3.63, 3.8) is 0 Å². The van der Waals surface area contributed by atoms with Gasteiger partial charge in [-0.05, 0) is 52.4 Å². The predicted octanol–water partition coefficient (Wildman–Crippen LogP) is 7.27. The molecule has 1 fully saturated rings. The van der Waals surface area contributed by atoms with Gasteiger partial charge >= 0.3 is 6.18 Å². The Morgan fingerprint density at radius 2 is 1.32 bits per heavy atom. The lowest BCUT2D eigenvalue weighted by Crippen LogP contribution is -2.56. The van der Waals surface area contributed by atoms with Crippen LogP contribution in [0.4, 0.5) is 13.2 Å². The van der Waals surface area contributed by atoms with E-state index in [0.29, 0.717) is 25.1 Å². The number of halogens is 3. The molecule has 4 aromatic carbocycles. The second-order valence-electron chi connectivity index (χ2n) is 11.9. The Morgan fingerprint density at radius 1 is 0.745 bits per heavy atom. The third kappa shape index (κ3) is 9.42. The number of aryl methyl sites for hydroxylation is 1. The summed E-state index contributed by atoms with van der Waals surface area (Å²) >= 11 is 0. The van der Waals surface area contributed by atoms with E-state index < -0.39 is 17.8 Å². The minimum Gasteiger partial charge on any atom is -0.338 e. The summed E-state index contributed by atoms with van der Waals surface area (Å²) in [5.74, 6) is -0.504. The number of piperazine rings is 1. The lowest BCUT2D eigenvalue weighted by molar-refractivity contribution is -0.145. The molecule has 0 spiro atoms. The van der Waals surface area contributed by atoms with Gasteiger partial charge in [-0.15, -0.1) is 0 Å².